The molecule has 0 heterocycles. The lowest BCUT2D eigenvalue weighted by Gasteiger charge is -2.21. The Morgan fingerprint density at radius 1 is 1.38 bits per heavy atom. The van der Waals surface area contributed by atoms with Gasteiger partial charge < -0.3 is 5.11 Å². The Morgan fingerprint density at radius 2 is 1.95 bits per heavy atom. The first-order valence-electron chi connectivity index (χ1n) is 6.66. The average molecular weight is 334 g/mol. The number of carbonyl (C=O) groups is 1. The fourth-order valence-electron chi connectivity index (χ4n) is 2.11. The van der Waals surface area contributed by atoms with Crippen molar-refractivity contribution in [1.29, 1.82) is 0 Å². The standard InChI is InChI=1S/C14H20ClNO4S/c1-5-12(8(2)3)16-21(19,20)13-7-10(15)6-11(9(13)4)14(17)18/h6-8,12,16H,5H2,1-4H3,(H,17,18). The molecule has 0 saturated heterocycles. The molecule has 0 saturated carbocycles. The van der Waals surface area contributed by atoms with Crippen LogP contribution in [0.4, 0.5) is 0 Å². The lowest BCUT2D eigenvalue weighted by atomic mass is 10.0. The Bertz CT molecular complexity index is 641. The van der Waals surface area contributed by atoms with E-state index < -0.39 is 16.0 Å². The number of sulfonamides is 1. The van der Waals surface area contributed by atoms with Crippen LogP contribution in [0.5, 0.6) is 0 Å². The van der Waals surface area contributed by atoms with Crippen molar-refractivity contribution >= 4 is 27.6 Å². The van der Waals surface area contributed by atoms with Crippen LogP contribution in [0, 0.1) is 12.8 Å². The Labute approximate surface area is 130 Å². The molecule has 1 rings (SSSR count). The second-order valence-electron chi connectivity index (χ2n) is 5.26. The maximum absolute atomic E-state index is 12.5. The zero-order chi connectivity index (χ0) is 16.4. The van der Waals surface area contributed by atoms with Gasteiger partial charge in [-0.1, -0.05) is 32.4 Å². The Hall–Kier alpha value is -1.11. The SMILES string of the molecule is CCC(NS(=O)(=O)c1cc(Cl)cc(C(=O)O)c1C)C(C)C. The van der Waals surface area contributed by atoms with Crippen LogP contribution in [0.15, 0.2) is 17.0 Å². The van der Waals surface area contributed by atoms with Gasteiger partial charge in [-0.3, -0.25) is 0 Å². The zero-order valence-corrected chi connectivity index (χ0v) is 14.0. The lowest BCUT2D eigenvalue weighted by Crippen LogP contribution is -2.38. The molecule has 0 aliphatic rings. The second kappa shape index (κ2) is 6.77. The minimum absolute atomic E-state index is 0.0796. The van der Waals surface area contributed by atoms with E-state index in [9.17, 15) is 13.2 Å². The van der Waals surface area contributed by atoms with Crippen LogP contribution in [0.2, 0.25) is 5.02 Å². The molecule has 1 atom stereocenters. The Kier molecular flexibility index (Phi) is 5.78. The number of benzene rings is 1. The number of halogens is 1. The minimum atomic E-state index is -3.82. The molecule has 0 spiro atoms. The molecule has 1 aromatic rings. The number of hydrogen-bond acceptors (Lipinski definition) is 3. The largest absolute Gasteiger partial charge is 0.478 e. The molecular weight excluding hydrogens is 314 g/mol. The van der Waals surface area contributed by atoms with E-state index in [4.69, 9.17) is 16.7 Å². The topological polar surface area (TPSA) is 83.5 Å². The van der Waals surface area contributed by atoms with Crippen molar-refractivity contribution in [3.8, 4) is 0 Å². The van der Waals surface area contributed by atoms with Crippen LogP contribution in [-0.4, -0.2) is 25.5 Å². The highest BCUT2D eigenvalue weighted by Gasteiger charge is 2.25. The molecule has 0 aliphatic heterocycles. The molecule has 21 heavy (non-hydrogen) atoms. The predicted octanol–water partition coefficient (Wildman–Crippen LogP) is 3.06. The van der Waals surface area contributed by atoms with Crippen molar-refractivity contribution in [3.05, 3.63) is 28.3 Å². The minimum Gasteiger partial charge on any atom is -0.478 e. The van der Waals surface area contributed by atoms with Crippen molar-refractivity contribution in [1.82, 2.24) is 4.72 Å². The van der Waals surface area contributed by atoms with E-state index in [0.717, 1.165) is 0 Å². The Morgan fingerprint density at radius 3 is 2.38 bits per heavy atom. The highest BCUT2D eigenvalue weighted by atomic mass is 35.5. The molecule has 2 N–H and O–H groups in total. The predicted molar refractivity (Wildman–Crippen MR) is 82.4 cm³/mol. The van der Waals surface area contributed by atoms with Crippen LogP contribution in [0.3, 0.4) is 0 Å². The summed E-state index contributed by atoms with van der Waals surface area (Å²) in [5.41, 5.74) is 0.0680. The molecule has 1 unspecified atom stereocenters. The second-order valence-corrected chi connectivity index (χ2v) is 7.38. The summed E-state index contributed by atoms with van der Waals surface area (Å²) in [5, 5.41) is 9.20. The van der Waals surface area contributed by atoms with Crippen LogP contribution in [0.25, 0.3) is 0 Å². The van der Waals surface area contributed by atoms with E-state index in [1.54, 1.807) is 0 Å². The summed E-state index contributed by atoms with van der Waals surface area (Å²) in [7, 11) is -3.82. The normalized spacial score (nSPS) is 13.4. The highest BCUT2D eigenvalue weighted by Crippen LogP contribution is 2.25. The molecule has 118 valence electrons. The fourth-order valence-corrected chi connectivity index (χ4v) is 4.15. The number of nitrogens with one attached hydrogen (secondary N) is 1. The van der Waals surface area contributed by atoms with Gasteiger partial charge in [0.1, 0.15) is 0 Å². The van der Waals surface area contributed by atoms with Crippen molar-refractivity contribution in [2.24, 2.45) is 5.92 Å². The molecule has 0 amide bonds. The van der Waals surface area contributed by atoms with E-state index in [1.807, 2.05) is 20.8 Å². The third-order valence-electron chi connectivity index (χ3n) is 3.40. The van der Waals surface area contributed by atoms with E-state index in [2.05, 4.69) is 4.72 Å². The first-order chi connectivity index (χ1) is 9.60. The summed E-state index contributed by atoms with van der Waals surface area (Å²) in [6.45, 7) is 7.19. The van der Waals surface area contributed by atoms with Crippen molar-refractivity contribution < 1.29 is 18.3 Å². The average Bonchev–Trinajstić information content (AvgIpc) is 2.37. The summed E-state index contributed by atoms with van der Waals surface area (Å²) < 4.78 is 27.6. The number of carboxylic acids is 1. The van der Waals surface area contributed by atoms with Gasteiger partial charge in [-0.25, -0.2) is 17.9 Å². The Balaban J connectivity index is 3.35. The third kappa shape index (κ3) is 4.18. The lowest BCUT2D eigenvalue weighted by molar-refractivity contribution is 0.0696. The maximum Gasteiger partial charge on any atom is 0.336 e. The first kappa shape index (κ1) is 17.9. The van der Waals surface area contributed by atoms with Gasteiger partial charge in [0, 0.05) is 11.1 Å². The number of rotatable bonds is 6. The number of carboxylic acid groups (broad SMARTS) is 1. The summed E-state index contributed by atoms with van der Waals surface area (Å²) in [6.07, 6.45) is 0.641. The summed E-state index contributed by atoms with van der Waals surface area (Å²) >= 11 is 5.85. The monoisotopic (exact) mass is 333 g/mol. The first-order valence-corrected chi connectivity index (χ1v) is 8.52. The maximum atomic E-state index is 12.5. The van der Waals surface area contributed by atoms with Crippen LogP contribution < -0.4 is 4.72 Å². The third-order valence-corrected chi connectivity index (χ3v) is 5.23. The van der Waals surface area contributed by atoms with Gasteiger partial charge in [0.25, 0.3) is 0 Å². The van der Waals surface area contributed by atoms with Crippen LogP contribution in [0.1, 0.15) is 43.1 Å². The quantitative estimate of drug-likeness (QED) is 0.838. The molecule has 1 aromatic carbocycles. The van der Waals surface area contributed by atoms with Crippen LogP contribution in [-0.2, 0) is 10.0 Å². The molecule has 0 aromatic heterocycles. The molecule has 0 fully saturated rings. The van der Waals surface area contributed by atoms with Crippen molar-refractivity contribution in [3.63, 3.8) is 0 Å². The molecular formula is C14H20ClNO4S. The van der Waals surface area contributed by atoms with Gasteiger partial charge >= 0.3 is 5.97 Å². The van der Waals surface area contributed by atoms with Gasteiger partial charge in [-0.15, -0.1) is 0 Å². The van der Waals surface area contributed by atoms with Gasteiger partial charge in [0.15, 0.2) is 0 Å². The van der Waals surface area contributed by atoms with Crippen molar-refractivity contribution in [2.45, 2.75) is 45.1 Å². The van der Waals surface area contributed by atoms with Crippen LogP contribution >= 0.6 is 11.6 Å². The van der Waals surface area contributed by atoms with Gasteiger partial charge in [0.05, 0.1) is 10.5 Å². The summed E-state index contributed by atoms with van der Waals surface area (Å²) in [6, 6.07) is 2.30. The van der Waals surface area contributed by atoms with E-state index in [1.165, 1.54) is 19.1 Å². The zero-order valence-electron chi connectivity index (χ0n) is 12.5. The highest BCUT2D eigenvalue weighted by molar-refractivity contribution is 7.89. The van der Waals surface area contributed by atoms with E-state index in [-0.39, 0.29) is 33.0 Å². The van der Waals surface area contributed by atoms with E-state index in [0.29, 0.717) is 6.42 Å². The van der Waals surface area contributed by atoms with Gasteiger partial charge in [0.2, 0.25) is 10.0 Å². The molecule has 5 nitrogen and oxygen atoms in total. The smallest absolute Gasteiger partial charge is 0.336 e. The van der Waals surface area contributed by atoms with Gasteiger partial charge in [-0.05, 0) is 37.0 Å². The van der Waals surface area contributed by atoms with Crippen molar-refractivity contribution in [2.75, 3.05) is 0 Å². The molecule has 7 heteroatoms. The van der Waals surface area contributed by atoms with E-state index >= 15 is 0 Å². The summed E-state index contributed by atoms with van der Waals surface area (Å²) in [5.74, 6) is -1.08. The fraction of sp³-hybridized carbons (Fsp3) is 0.500. The summed E-state index contributed by atoms with van der Waals surface area (Å²) in [4.78, 5) is 11.1. The number of aromatic carboxylic acids is 1. The molecule has 0 radical (unpaired) electrons. The molecule has 0 bridgehead atoms. The molecule has 0 aliphatic carbocycles. The van der Waals surface area contributed by atoms with Gasteiger partial charge in [-0.2, -0.15) is 0 Å². The number of hydrogen-bond donors (Lipinski definition) is 2.